The molecule has 0 aliphatic rings. The van der Waals surface area contributed by atoms with Gasteiger partial charge in [-0.05, 0) is 76.0 Å². The molecule has 0 bridgehead atoms. The minimum Gasteiger partial charge on any atom is -0.497 e. The summed E-state index contributed by atoms with van der Waals surface area (Å²) in [5.41, 5.74) is -0.408. The summed E-state index contributed by atoms with van der Waals surface area (Å²) >= 11 is 0. The summed E-state index contributed by atoms with van der Waals surface area (Å²) in [5, 5.41) is 14.4. The molecule has 45 heavy (non-hydrogen) atoms. The smallest absolute Gasteiger partial charge is 0.407 e. The van der Waals surface area contributed by atoms with E-state index in [9.17, 15) is 18.3 Å². The number of methoxy groups -OCH3 is 1. The van der Waals surface area contributed by atoms with Crippen LogP contribution >= 0.6 is 0 Å². The molecule has 0 saturated carbocycles. The molecule has 0 unspecified atom stereocenters. The zero-order valence-corrected chi connectivity index (χ0v) is 28.6. The Hall–Kier alpha value is -3.34. The van der Waals surface area contributed by atoms with E-state index in [-0.39, 0.29) is 30.2 Å². The second kappa shape index (κ2) is 17.4. The highest BCUT2D eigenvalue weighted by molar-refractivity contribution is 7.89. The Labute approximate surface area is 270 Å². The number of ether oxygens (including phenoxy) is 3. The Morgan fingerprint density at radius 1 is 1.04 bits per heavy atom. The van der Waals surface area contributed by atoms with E-state index in [0.29, 0.717) is 18.8 Å². The van der Waals surface area contributed by atoms with Gasteiger partial charge in [-0.2, -0.15) is 4.31 Å². The molecule has 0 heterocycles. The molecule has 9 nitrogen and oxygen atoms in total. The van der Waals surface area contributed by atoms with Crippen molar-refractivity contribution in [2.24, 2.45) is 5.41 Å². The molecule has 0 fully saturated rings. The molecular formula is C35H52N2O7S. The van der Waals surface area contributed by atoms with Crippen LogP contribution in [0.25, 0.3) is 0 Å². The molecule has 0 aliphatic heterocycles. The predicted octanol–water partition coefficient (Wildman–Crippen LogP) is 6.52. The van der Waals surface area contributed by atoms with Gasteiger partial charge < -0.3 is 24.6 Å². The number of benzene rings is 2. The van der Waals surface area contributed by atoms with Crippen molar-refractivity contribution < 1.29 is 32.5 Å². The average molecular weight is 645 g/mol. The number of unbranched alkanes of at least 4 members (excludes halogenated alkanes) is 2. The highest BCUT2D eigenvalue weighted by Gasteiger charge is 2.36. The van der Waals surface area contributed by atoms with E-state index in [1.165, 1.54) is 17.5 Å². The van der Waals surface area contributed by atoms with Crippen LogP contribution in [0.4, 0.5) is 4.79 Å². The molecule has 0 spiro atoms. The van der Waals surface area contributed by atoms with Crippen LogP contribution in [0.5, 0.6) is 11.5 Å². The molecule has 2 aromatic carbocycles. The Balaban J connectivity index is 2.51. The molecular weight excluding hydrogens is 592 g/mol. The maximum absolute atomic E-state index is 14.4. The number of hydrogen-bond donors (Lipinski definition) is 2. The van der Waals surface area contributed by atoms with E-state index < -0.39 is 39.3 Å². The summed E-state index contributed by atoms with van der Waals surface area (Å²) in [5.74, 6) is 0.625. The van der Waals surface area contributed by atoms with Gasteiger partial charge in [0, 0.05) is 19.2 Å². The SMILES string of the molecule is C=CCCCCOc1cc(OC)ccc1S(=O)(=O)N(C[C@@H](O)[C@H](Cc1ccccc1)NC(=O)OC(C)(C)C)CC(C)(C)CC=C. The first kappa shape index (κ1) is 37.8. The zero-order valence-electron chi connectivity index (χ0n) is 27.8. The number of aliphatic hydroxyl groups is 1. The number of amides is 1. The van der Waals surface area contributed by atoms with Gasteiger partial charge >= 0.3 is 6.09 Å². The van der Waals surface area contributed by atoms with Gasteiger partial charge in [0.1, 0.15) is 22.0 Å². The average Bonchev–Trinajstić information content (AvgIpc) is 2.95. The topological polar surface area (TPSA) is 114 Å². The van der Waals surface area contributed by atoms with Gasteiger partial charge in [-0.1, -0.05) is 56.3 Å². The maximum atomic E-state index is 14.4. The van der Waals surface area contributed by atoms with Crippen LogP contribution in [0.1, 0.15) is 65.9 Å². The molecule has 0 saturated heterocycles. The lowest BCUT2D eigenvalue weighted by molar-refractivity contribution is 0.0393. The normalized spacial score (nSPS) is 13.5. The number of nitrogens with one attached hydrogen (secondary N) is 1. The van der Waals surface area contributed by atoms with E-state index in [2.05, 4.69) is 18.5 Å². The summed E-state index contributed by atoms with van der Waals surface area (Å²) in [6, 6.07) is 13.1. The first-order valence-corrected chi connectivity index (χ1v) is 16.8. The van der Waals surface area contributed by atoms with Crippen molar-refractivity contribution in [2.45, 2.75) is 89.4 Å². The molecule has 2 atom stereocenters. The van der Waals surface area contributed by atoms with Crippen molar-refractivity contribution in [3.05, 3.63) is 79.4 Å². The van der Waals surface area contributed by atoms with Gasteiger partial charge in [-0.25, -0.2) is 13.2 Å². The second-order valence-electron chi connectivity index (χ2n) is 12.9. The van der Waals surface area contributed by atoms with Crippen LogP contribution in [0.2, 0.25) is 0 Å². The summed E-state index contributed by atoms with van der Waals surface area (Å²) in [6.07, 6.45) is 4.79. The van der Waals surface area contributed by atoms with Gasteiger partial charge in [-0.3, -0.25) is 0 Å². The van der Waals surface area contributed by atoms with Crippen LogP contribution in [0, 0.1) is 5.41 Å². The highest BCUT2D eigenvalue weighted by atomic mass is 32.2. The summed E-state index contributed by atoms with van der Waals surface area (Å²) in [4.78, 5) is 12.8. The van der Waals surface area contributed by atoms with Crippen molar-refractivity contribution >= 4 is 16.1 Å². The summed E-state index contributed by atoms with van der Waals surface area (Å²) in [7, 11) is -2.71. The number of sulfonamides is 1. The lowest BCUT2D eigenvalue weighted by Gasteiger charge is -2.35. The molecule has 2 aromatic rings. The summed E-state index contributed by atoms with van der Waals surface area (Å²) in [6.45, 7) is 16.8. The van der Waals surface area contributed by atoms with Gasteiger partial charge in [-0.15, -0.1) is 13.2 Å². The zero-order chi connectivity index (χ0) is 33.7. The lowest BCUT2D eigenvalue weighted by Crippen LogP contribution is -2.52. The van der Waals surface area contributed by atoms with Crippen LogP contribution in [0.3, 0.4) is 0 Å². The third kappa shape index (κ3) is 12.9. The van der Waals surface area contributed by atoms with E-state index in [0.717, 1.165) is 24.8 Å². The van der Waals surface area contributed by atoms with E-state index in [4.69, 9.17) is 14.2 Å². The molecule has 1 amide bonds. The molecule has 0 radical (unpaired) electrons. The van der Waals surface area contributed by atoms with E-state index >= 15 is 0 Å². The van der Waals surface area contributed by atoms with Crippen LogP contribution < -0.4 is 14.8 Å². The highest BCUT2D eigenvalue weighted by Crippen LogP contribution is 2.34. The van der Waals surface area contributed by atoms with Crippen molar-refractivity contribution in [1.82, 2.24) is 9.62 Å². The second-order valence-corrected chi connectivity index (χ2v) is 14.8. The number of nitrogens with zero attached hydrogens (tertiary/aromatic N) is 1. The third-order valence-corrected chi connectivity index (χ3v) is 8.84. The molecule has 0 aromatic heterocycles. The molecule has 250 valence electrons. The first-order chi connectivity index (χ1) is 21.1. The molecule has 10 heteroatoms. The number of alkyl carbamates (subject to hydrolysis) is 1. The Kier molecular flexibility index (Phi) is 14.6. The number of carbonyl (C=O) groups is 1. The number of carbonyl (C=O) groups excluding carboxylic acids is 1. The van der Waals surface area contributed by atoms with Gasteiger partial charge in [0.05, 0.1) is 25.9 Å². The predicted molar refractivity (Wildman–Crippen MR) is 179 cm³/mol. The number of aliphatic hydroxyl groups excluding tert-OH is 1. The van der Waals surface area contributed by atoms with Crippen LogP contribution in [0.15, 0.2) is 78.7 Å². The lowest BCUT2D eigenvalue weighted by atomic mass is 9.89. The minimum atomic E-state index is -4.22. The van der Waals surface area contributed by atoms with Crippen LogP contribution in [-0.4, -0.2) is 68.5 Å². The first-order valence-electron chi connectivity index (χ1n) is 15.4. The Morgan fingerprint density at radius 2 is 1.73 bits per heavy atom. The summed E-state index contributed by atoms with van der Waals surface area (Å²) < 4.78 is 47.0. The monoisotopic (exact) mass is 644 g/mol. The minimum absolute atomic E-state index is 0.0339. The number of hydrogen-bond acceptors (Lipinski definition) is 7. The molecule has 0 aliphatic carbocycles. The number of allylic oxidation sites excluding steroid dienone is 2. The Morgan fingerprint density at radius 3 is 2.33 bits per heavy atom. The van der Waals surface area contributed by atoms with E-state index in [1.807, 2.05) is 50.3 Å². The third-order valence-electron chi connectivity index (χ3n) is 6.99. The standard InChI is InChI=1S/C35H52N2O7S/c1-9-11-12-16-22-43-31-24-28(42-8)19-20-32(31)45(40,41)37(26-35(6,7)21-10-2)25-30(38)29(23-27-17-14-13-15-18-27)36-33(39)44-34(3,4)5/h9-10,13-15,17-20,24,29-30,38H,1-2,11-12,16,21-23,25-26H2,3-8H3,(H,36,39)/t29-,30+/m0/s1. The van der Waals surface area contributed by atoms with Crippen molar-refractivity contribution in [2.75, 3.05) is 26.8 Å². The largest absolute Gasteiger partial charge is 0.497 e. The van der Waals surface area contributed by atoms with Crippen molar-refractivity contribution in [3.63, 3.8) is 0 Å². The van der Waals surface area contributed by atoms with Crippen molar-refractivity contribution in [3.8, 4) is 11.5 Å². The fourth-order valence-corrected chi connectivity index (χ4v) is 6.54. The number of rotatable bonds is 19. The molecule has 2 rings (SSSR count). The van der Waals surface area contributed by atoms with Gasteiger partial charge in [0.25, 0.3) is 0 Å². The fourth-order valence-electron chi connectivity index (χ4n) is 4.78. The fraction of sp³-hybridized carbons (Fsp3) is 0.514. The maximum Gasteiger partial charge on any atom is 0.407 e. The van der Waals surface area contributed by atoms with E-state index in [1.54, 1.807) is 39.0 Å². The van der Waals surface area contributed by atoms with Crippen LogP contribution in [-0.2, 0) is 21.2 Å². The van der Waals surface area contributed by atoms with Gasteiger partial charge in [0.15, 0.2) is 0 Å². The van der Waals surface area contributed by atoms with Gasteiger partial charge in [0.2, 0.25) is 10.0 Å². The Bertz CT molecular complexity index is 1340. The quantitative estimate of drug-likeness (QED) is 0.132. The van der Waals surface area contributed by atoms with Crippen molar-refractivity contribution in [1.29, 1.82) is 0 Å². The molecule has 2 N–H and O–H groups in total.